The van der Waals surface area contributed by atoms with Crippen molar-refractivity contribution in [3.63, 3.8) is 0 Å². The zero-order valence-electron chi connectivity index (χ0n) is 31.2. The number of aromatic nitrogens is 4. The highest BCUT2D eigenvalue weighted by atomic mass is 32.1. The maximum absolute atomic E-state index is 5.02. The van der Waals surface area contributed by atoms with Crippen LogP contribution in [-0.4, -0.2) is 19.5 Å². The van der Waals surface area contributed by atoms with Crippen molar-refractivity contribution < 1.29 is 0 Å². The SMILES string of the molecule is c1ccc(-c2nc(-c3ccccc3)nc(-c3ccc(-n4c5ccccc5c5cc(-c6ccccc6)c6c(sc7c8ccccc8c8ccccc8c76)c54)cc3)n2)cc1. The van der Waals surface area contributed by atoms with Crippen molar-refractivity contribution in [3.8, 4) is 51.0 Å². The quantitative estimate of drug-likeness (QED) is 0.164. The highest BCUT2D eigenvalue weighted by Gasteiger charge is 2.24. The second-order valence-electron chi connectivity index (χ2n) is 14.7. The van der Waals surface area contributed by atoms with Crippen molar-refractivity contribution in [1.29, 1.82) is 0 Å². The lowest BCUT2D eigenvalue weighted by Gasteiger charge is -2.12. The molecule has 0 aliphatic rings. The molecule has 0 fully saturated rings. The molecule has 0 atom stereocenters. The minimum Gasteiger partial charge on any atom is -0.308 e. The van der Waals surface area contributed by atoms with Crippen LogP contribution >= 0.6 is 11.3 Å². The fourth-order valence-electron chi connectivity index (χ4n) is 8.82. The van der Waals surface area contributed by atoms with Gasteiger partial charge in [0, 0.05) is 54.0 Å². The van der Waals surface area contributed by atoms with Crippen LogP contribution in [-0.2, 0) is 0 Å². The van der Waals surface area contributed by atoms with Gasteiger partial charge in [0.15, 0.2) is 17.5 Å². The van der Waals surface area contributed by atoms with E-state index in [-0.39, 0.29) is 0 Å². The van der Waals surface area contributed by atoms with Crippen LogP contribution in [0.15, 0.2) is 194 Å². The lowest BCUT2D eigenvalue weighted by Crippen LogP contribution is -2.00. The fraction of sp³-hybridized carbons (Fsp3) is 0. The standard InChI is InChI=1S/C53H32N4S/c1-4-16-33(17-5-1)43-32-44-40-24-14-15-27-45(40)57(48(44)50-47(43)46-41-25-12-10-22-38(41)39-23-11-13-26-42(39)49(46)58-50)37-30-28-36(29-31-37)53-55-51(34-18-6-2-7-19-34)54-52(56-53)35-20-8-3-9-21-35/h1-32H. The molecule has 0 radical (unpaired) electrons. The lowest BCUT2D eigenvalue weighted by molar-refractivity contribution is 1.07. The van der Waals surface area contributed by atoms with E-state index in [9.17, 15) is 0 Å². The van der Waals surface area contributed by atoms with Crippen LogP contribution in [0, 0.1) is 0 Å². The molecule has 270 valence electrons. The second-order valence-corrected chi connectivity index (χ2v) is 15.7. The normalized spacial score (nSPS) is 11.8. The van der Waals surface area contributed by atoms with Gasteiger partial charge in [0.25, 0.3) is 0 Å². The summed E-state index contributed by atoms with van der Waals surface area (Å²) < 4.78 is 5.06. The van der Waals surface area contributed by atoms with Crippen LogP contribution in [0.4, 0.5) is 0 Å². The van der Waals surface area contributed by atoms with Crippen LogP contribution in [0.3, 0.4) is 0 Å². The van der Waals surface area contributed by atoms with E-state index in [1.165, 1.54) is 74.6 Å². The first kappa shape index (κ1) is 32.7. The first-order chi connectivity index (χ1) is 28.8. The molecule has 0 saturated carbocycles. The summed E-state index contributed by atoms with van der Waals surface area (Å²) in [5.41, 5.74) is 8.77. The van der Waals surface area contributed by atoms with Crippen molar-refractivity contribution >= 4 is 74.9 Å². The van der Waals surface area contributed by atoms with Gasteiger partial charge in [0.2, 0.25) is 0 Å². The Morgan fingerprint density at radius 2 is 0.810 bits per heavy atom. The smallest absolute Gasteiger partial charge is 0.164 e. The Labute approximate surface area is 338 Å². The molecular formula is C53H32N4S. The zero-order valence-corrected chi connectivity index (χ0v) is 32.0. The van der Waals surface area contributed by atoms with Crippen LogP contribution in [0.5, 0.6) is 0 Å². The van der Waals surface area contributed by atoms with Crippen molar-refractivity contribution in [3.05, 3.63) is 194 Å². The van der Waals surface area contributed by atoms with Crippen LogP contribution in [0.25, 0.3) is 115 Å². The van der Waals surface area contributed by atoms with Crippen LogP contribution in [0.2, 0.25) is 0 Å². The van der Waals surface area contributed by atoms with E-state index >= 15 is 0 Å². The number of thiophene rings is 1. The second kappa shape index (κ2) is 13.1. The maximum Gasteiger partial charge on any atom is 0.164 e. The Hall–Kier alpha value is -7.47. The monoisotopic (exact) mass is 756 g/mol. The van der Waals surface area contributed by atoms with E-state index in [0.717, 1.165) is 22.4 Å². The Morgan fingerprint density at radius 1 is 0.345 bits per heavy atom. The van der Waals surface area contributed by atoms with E-state index in [1.54, 1.807) is 0 Å². The molecule has 9 aromatic carbocycles. The van der Waals surface area contributed by atoms with Gasteiger partial charge in [-0.1, -0.05) is 158 Å². The summed E-state index contributed by atoms with van der Waals surface area (Å²) in [6.45, 7) is 0. The molecular weight excluding hydrogens is 725 g/mol. The van der Waals surface area contributed by atoms with Crippen molar-refractivity contribution in [2.24, 2.45) is 0 Å². The van der Waals surface area contributed by atoms with Gasteiger partial charge >= 0.3 is 0 Å². The molecule has 0 spiro atoms. The van der Waals surface area contributed by atoms with Crippen LogP contribution < -0.4 is 0 Å². The summed E-state index contributed by atoms with van der Waals surface area (Å²) in [6.07, 6.45) is 0. The average Bonchev–Trinajstić information content (AvgIpc) is 3.87. The molecule has 3 heterocycles. The summed E-state index contributed by atoms with van der Waals surface area (Å²) >= 11 is 1.92. The van der Waals surface area contributed by atoms with E-state index in [4.69, 9.17) is 15.0 Å². The number of hydrogen-bond acceptors (Lipinski definition) is 4. The summed E-state index contributed by atoms with van der Waals surface area (Å²) in [7, 11) is 0. The highest BCUT2D eigenvalue weighted by Crippen LogP contribution is 2.51. The van der Waals surface area contributed by atoms with Crippen LogP contribution in [0.1, 0.15) is 0 Å². The summed E-state index contributed by atoms with van der Waals surface area (Å²) in [4.78, 5) is 14.9. The number of fused-ring (bicyclic) bond motifs is 12. The Morgan fingerprint density at radius 3 is 1.41 bits per heavy atom. The largest absolute Gasteiger partial charge is 0.308 e. The lowest BCUT2D eigenvalue weighted by atomic mass is 9.92. The molecule has 0 aliphatic carbocycles. The van der Waals surface area contributed by atoms with Gasteiger partial charge in [-0.3, -0.25) is 0 Å². The number of para-hydroxylation sites is 1. The fourth-order valence-corrected chi connectivity index (χ4v) is 10.2. The number of benzene rings is 9. The molecule has 0 bridgehead atoms. The Kier molecular flexibility index (Phi) is 7.37. The van der Waals surface area contributed by atoms with Crippen molar-refractivity contribution in [2.45, 2.75) is 0 Å². The van der Waals surface area contributed by atoms with Crippen molar-refractivity contribution in [2.75, 3.05) is 0 Å². The molecule has 0 unspecified atom stereocenters. The predicted molar refractivity (Wildman–Crippen MR) is 244 cm³/mol. The summed E-state index contributed by atoms with van der Waals surface area (Å²) in [5, 5.41) is 10.2. The molecule has 0 N–H and O–H groups in total. The zero-order chi connectivity index (χ0) is 38.2. The van der Waals surface area contributed by atoms with Crippen molar-refractivity contribution in [1.82, 2.24) is 19.5 Å². The van der Waals surface area contributed by atoms with Gasteiger partial charge < -0.3 is 4.57 Å². The predicted octanol–water partition coefficient (Wildman–Crippen LogP) is 14.3. The molecule has 0 amide bonds. The molecule has 0 saturated heterocycles. The van der Waals surface area contributed by atoms with E-state index < -0.39 is 0 Å². The average molecular weight is 757 g/mol. The first-order valence-corrected chi connectivity index (χ1v) is 20.4. The Balaban J connectivity index is 1.14. The molecule has 12 aromatic rings. The van der Waals surface area contributed by atoms with E-state index in [2.05, 4.69) is 138 Å². The number of rotatable bonds is 5. The van der Waals surface area contributed by atoms with Gasteiger partial charge in [-0.2, -0.15) is 0 Å². The molecule has 58 heavy (non-hydrogen) atoms. The van der Waals surface area contributed by atoms with E-state index in [0.29, 0.717) is 17.5 Å². The highest BCUT2D eigenvalue weighted by molar-refractivity contribution is 7.28. The summed E-state index contributed by atoms with van der Waals surface area (Å²) in [6, 6.07) is 69.0. The third-order valence-corrected chi connectivity index (χ3v) is 12.7. The third-order valence-electron chi connectivity index (χ3n) is 11.4. The molecule has 4 nitrogen and oxygen atoms in total. The minimum atomic E-state index is 0.639. The topological polar surface area (TPSA) is 43.6 Å². The van der Waals surface area contributed by atoms with E-state index in [1.807, 2.05) is 72.0 Å². The number of hydrogen-bond donors (Lipinski definition) is 0. The molecule has 5 heteroatoms. The third kappa shape index (κ3) is 5.04. The van der Waals surface area contributed by atoms with Gasteiger partial charge in [-0.25, -0.2) is 15.0 Å². The minimum absolute atomic E-state index is 0.639. The molecule has 3 aromatic heterocycles. The van der Waals surface area contributed by atoms with Gasteiger partial charge in [-0.05, 0) is 63.7 Å². The van der Waals surface area contributed by atoms with Gasteiger partial charge in [-0.15, -0.1) is 11.3 Å². The maximum atomic E-state index is 5.02. The Bertz CT molecular complexity index is 3480. The van der Waals surface area contributed by atoms with Gasteiger partial charge in [0.1, 0.15) is 0 Å². The molecule has 0 aliphatic heterocycles. The van der Waals surface area contributed by atoms with Gasteiger partial charge in [0.05, 0.1) is 15.7 Å². The summed E-state index contributed by atoms with van der Waals surface area (Å²) in [5.74, 6) is 1.94. The first-order valence-electron chi connectivity index (χ1n) is 19.5. The number of nitrogens with zero attached hydrogens (tertiary/aromatic N) is 4. The molecule has 12 rings (SSSR count).